The Balaban J connectivity index is 1.83. The summed E-state index contributed by atoms with van der Waals surface area (Å²) >= 11 is 1.57. The first-order valence-corrected chi connectivity index (χ1v) is 6.78. The third kappa shape index (κ3) is 2.57. The number of aromatic nitrogens is 2. The van der Waals surface area contributed by atoms with Gasteiger partial charge in [-0.1, -0.05) is 0 Å². The number of nitro groups is 1. The molecule has 100 valence electrons. The molecule has 0 aliphatic heterocycles. The maximum atomic E-state index is 10.7. The van der Waals surface area contributed by atoms with Crippen molar-refractivity contribution < 1.29 is 4.92 Å². The molecule has 3 aromatic rings. The van der Waals surface area contributed by atoms with Crippen LogP contribution in [0.2, 0.25) is 0 Å². The van der Waals surface area contributed by atoms with Crippen LogP contribution in [0.25, 0.3) is 10.9 Å². The number of hydrogen-bond donors (Lipinski definition) is 1. The molecule has 20 heavy (non-hydrogen) atoms. The average Bonchev–Trinajstić information content (AvgIpc) is 2.97. The van der Waals surface area contributed by atoms with E-state index in [-0.39, 0.29) is 5.69 Å². The normalized spacial score (nSPS) is 10.6. The van der Waals surface area contributed by atoms with Crippen LogP contribution in [0.15, 0.2) is 41.9 Å². The van der Waals surface area contributed by atoms with Crippen LogP contribution < -0.4 is 5.32 Å². The first-order chi connectivity index (χ1) is 9.72. The summed E-state index contributed by atoms with van der Waals surface area (Å²) < 4.78 is 0. The maximum absolute atomic E-state index is 10.7. The van der Waals surface area contributed by atoms with Gasteiger partial charge in [-0.25, -0.2) is 9.97 Å². The van der Waals surface area contributed by atoms with E-state index in [9.17, 15) is 10.1 Å². The van der Waals surface area contributed by atoms with Crippen molar-refractivity contribution in [2.75, 3.05) is 5.32 Å². The summed E-state index contributed by atoms with van der Waals surface area (Å²) in [6.45, 7) is 0.614. The molecule has 0 saturated carbocycles. The van der Waals surface area contributed by atoms with Gasteiger partial charge in [0.05, 0.1) is 17.0 Å². The Morgan fingerprint density at radius 3 is 2.95 bits per heavy atom. The molecular formula is C13H10N4O2S. The summed E-state index contributed by atoms with van der Waals surface area (Å²) in [6.07, 6.45) is 1.76. The zero-order chi connectivity index (χ0) is 13.9. The Hall–Kier alpha value is -2.54. The van der Waals surface area contributed by atoms with Gasteiger partial charge in [0.25, 0.3) is 5.69 Å². The summed E-state index contributed by atoms with van der Waals surface area (Å²) in [5.41, 5.74) is 0.794. The number of nitrogens with zero attached hydrogens (tertiary/aromatic N) is 3. The molecule has 7 heteroatoms. The lowest BCUT2D eigenvalue weighted by Gasteiger charge is -2.05. The molecule has 2 aromatic heterocycles. The van der Waals surface area contributed by atoms with Crippen molar-refractivity contribution in [3.63, 3.8) is 0 Å². The van der Waals surface area contributed by atoms with Gasteiger partial charge in [-0.3, -0.25) is 10.1 Å². The van der Waals surface area contributed by atoms with Crippen molar-refractivity contribution in [2.24, 2.45) is 0 Å². The number of nitrogens with one attached hydrogen (secondary N) is 1. The summed E-state index contributed by atoms with van der Waals surface area (Å²) in [4.78, 5) is 18.9. The first-order valence-electron chi connectivity index (χ1n) is 5.90. The Kier molecular flexibility index (Phi) is 3.26. The fourth-order valence-corrected chi connectivity index (χ4v) is 2.39. The molecule has 0 fully saturated rings. The minimum atomic E-state index is -0.409. The van der Waals surface area contributed by atoms with Crippen molar-refractivity contribution in [3.8, 4) is 0 Å². The van der Waals surface area contributed by atoms with Gasteiger partial charge in [0.1, 0.15) is 10.8 Å². The number of hydrogen-bond acceptors (Lipinski definition) is 6. The molecule has 1 N–H and O–H groups in total. The molecule has 0 atom stereocenters. The van der Waals surface area contributed by atoms with Gasteiger partial charge in [-0.2, -0.15) is 0 Å². The van der Waals surface area contributed by atoms with Gasteiger partial charge in [0, 0.05) is 29.1 Å². The summed E-state index contributed by atoms with van der Waals surface area (Å²) in [5, 5.41) is 17.5. The number of rotatable bonds is 4. The fourth-order valence-electron chi connectivity index (χ4n) is 1.83. The maximum Gasteiger partial charge on any atom is 0.270 e. The van der Waals surface area contributed by atoms with E-state index in [1.54, 1.807) is 29.7 Å². The fraction of sp³-hybridized carbons (Fsp3) is 0.0769. The average molecular weight is 286 g/mol. The topological polar surface area (TPSA) is 81.0 Å². The quantitative estimate of drug-likeness (QED) is 0.588. The first kappa shape index (κ1) is 12.5. The van der Waals surface area contributed by atoms with E-state index in [0.29, 0.717) is 6.54 Å². The van der Waals surface area contributed by atoms with E-state index in [0.717, 1.165) is 21.7 Å². The van der Waals surface area contributed by atoms with Crippen molar-refractivity contribution in [1.29, 1.82) is 0 Å². The number of thiazole rings is 1. The number of benzene rings is 1. The lowest BCUT2D eigenvalue weighted by Crippen LogP contribution is -2.00. The smallest absolute Gasteiger partial charge is 0.270 e. The lowest BCUT2D eigenvalue weighted by molar-refractivity contribution is -0.384. The van der Waals surface area contributed by atoms with Crippen LogP contribution in [0.3, 0.4) is 0 Å². The highest BCUT2D eigenvalue weighted by Crippen LogP contribution is 2.21. The Labute approximate surface area is 118 Å². The molecule has 6 nitrogen and oxygen atoms in total. The second-order valence-electron chi connectivity index (χ2n) is 4.11. The van der Waals surface area contributed by atoms with Crippen LogP contribution >= 0.6 is 11.3 Å². The summed E-state index contributed by atoms with van der Waals surface area (Å²) in [5.74, 6) is 0.724. The van der Waals surface area contributed by atoms with Crippen LogP contribution in [0.5, 0.6) is 0 Å². The van der Waals surface area contributed by atoms with E-state index in [1.807, 2.05) is 11.4 Å². The molecule has 0 spiro atoms. The van der Waals surface area contributed by atoms with Gasteiger partial charge < -0.3 is 5.32 Å². The van der Waals surface area contributed by atoms with Crippen LogP contribution in [0.1, 0.15) is 5.01 Å². The molecule has 3 rings (SSSR count). The largest absolute Gasteiger partial charge is 0.364 e. The van der Waals surface area contributed by atoms with Gasteiger partial charge in [-0.15, -0.1) is 11.3 Å². The van der Waals surface area contributed by atoms with Crippen LogP contribution in [0.4, 0.5) is 11.5 Å². The Morgan fingerprint density at radius 2 is 2.20 bits per heavy atom. The number of anilines is 1. The number of fused-ring (bicyclic) bond motifs is 1. The minimum absolute atomic E-state index is 0.0720. The molecule has 0 saturated heterocycles. The van der Waals surface area contributed by atoms with E-state index in [4.69, 9.17) is 0 Å². The van der Waals surface area contributed by atoms with Gasteiger partial charge in [0.2, 0.25) is 0 Å². The molecule has 0 unspecified atom stereocenters. The lowest BCUT2D eigenvalue weighted by atomic mass is 10.2. The van der Waals surface area contributed by atoms with Crippen molar-refractivity contribution in [2.45, 2.75) is 6.54 Å². The third-order valence-electron chi connectivity index (χ3n) is 2.79. The van der Waals surface area contributed by atoms with Crippen LogP contribution in [0, 0.1) is 10.1 Å². The molecule has 1 aromatic carbocycles. The number of pyridine rings is 1. The molecule has 0 amide bonds. The molecule has 0 aliphatic rings. The molecular weight excluding hydrogens is 276 g/mol. The molecule has 0 bridgehead atoms. The van der Waals surface area contributed by atoms with Crippen molar-refractivity contribution >= 4 is 33.7 Å². The van der Waals surface area contributed by atoms with Gasteiger partial charge >= 0.3 is 0 Å². The van der Waals surface area contributed by atoms with Crippen LogP contribution in [-0.4, -0.2) is 14.9 Å². The highest BCUT2D eigenvalue weighted by Gasteiger charge is 2.07. The zero-order valence-corrected chi connectivity index (χ0v) is 11.1. The second kappa shape index (κ2) is 5.22. The van der Waals surface area contributed by atoms with E-state index in [2.05, 4.69) is 15.3 Å². The second-order valence-corrected chi connectivity index (χ2v) is 5.09. The number of non-ortho nitro benzene ring substituents is 1. The van der Waals surface area contributed by atoms with Crippen molar-refractivity contribution in [3.05, 3.63) is 57.0 Å². The zero-order valence-electron chi connectivity index (χ0n) is 10.3. The van der Waals surface area contributed by atoms with Gasteiger partial charge in [-0.05, 0) is 18.2 Å². The SMILES string of the molecule is O=[N+]([O-])c1ccc2nc(NCc3nccs3)ccc2c1. The number of nitro benzene ring substituents is 1. The van der Waals surface area contributed by atoms with Crippen LogP contribution in [-0.2, 0) is 6.54 Å². The Morgan fingerprint density at radius 1 is 1.30 bits per heavy atom. The monoisotopic (exact) mass is 286 g/mol. The van der Waals surface area contributed by atoms with E-state index >= 15 is 0 Å². The highest BCUT2D eigenvalue weighted by atomic mass is 32.1. The predicted octanol–water partition coefficient (Wildman–Crippen LogP) is 3.21. The standard InChI is InChI=1S/C13H10N4O2S/c18-17(19)10-2-3-11-9(7-10)1-4-12(16-11)15-8-13-14-5-6-20-13/h1-7H,8H2,(H,15,16). The summed E-state index contributed by atoms with van der Waals surface area (Å²) in [6, 6.07) is 8.26. The van der Waals surface area contributed by atoms with Gasteiger partial charge in [0.15, 0.2) is 0 Å². The van der Waals surface area contributed by atoms with E-state index < -0.39 is 4.92 Å². The molecule has 0 aliphatic carbocycles. The third-order valence-corrected chi connectivity index (χ3v) is 3.57. The molecule has 2 heterocycles. The Bertz CT molecular complexity index is 758. The van der Waals surface area contributed by atoms with E-state index in [1.165, 1.54) is 12.1 Å². The predicted molar refractivity (Wildman–Crippen MR) is 77.8 cm³/mol. The van der Waals surface area contributed by atoms with Crippen molar-refractivity contribution in [1.82, 2.24) is 9.97 Å². The minimum Gasteiger partial charge on any atom is -0.364 e. The molecule has 0 radical (unpaired) electrons. The summed E-state index contributed by atoms with van der Waals surface area (Å²) in [7, 11) is 0. The highest BCUT2D eigenvalue weighted by molar-refractivity contribution is 7.09.